The van der Waals surface area contributed by atoms with Crippen molar-refractivity contribution in [1.82, 2.24) is 14.8 Å². The van der Waals surface area contributed by atoms with Crippen LogP contribution in [0.15, 0.2) is 53.3 Å². The average molecular weight is 444 g/mol. The van der Waals surface area contributed by atoms with E-state index in [4.69, 9.17) is 4.74 Å². The summed E-state index contributed by atoms with van der Waals surface area (Å²) in [6.45, 7) is 5.99. The van der Waals surface area contributed by atoms with Crippen LogP contribution < -0.4 is 10.2 Å². The molecule has 0 aliphatic carbocycles. The molecule has 3 heterocycles. The third-order valence-corrected chi connectivity index (χ3v) is 6.95. The van der Waals surface area contributed by atoms with Gasteiger partial charge in [0.1, 0.15) is 6.33 Å². The van der Waals surface area contributed by atoms with Gasteiger partial charge in [-0.1, -0.05) is 17.8 Å². The molecule has 1 aliphatic rings. The first-order valence-corrected chi connectivity index (χ1v) is 11.8. The number of ether oxygens (including phenoxy) is 1. The number of aromatic nitrogens is 3. The van der Waals surface area contributed by atoms with E-state index in [2.05, 4.69) is 37.9 Å². The summed E-state index contributed by atoms with van der Waals surface area (Å²) in [6.07, 6.45) is 2.66. The van der Waals surface area contributed by atoms with Gasteiger partial charge in [0.05, 0.1) is 18.5 Å². The van der Waals surface area contributed by atoms with Crippen molar-refractivity contribution < 1.29 is 9.53 Å². The second-order valence-electron chi connectivity index (χ2n) is 7.03. The van der Waals surface area contributed by atoms with Crippen LogP contribution in [0.25, 0.3) is 0 Å². The first-order chi connectivity index (χ1) is 14.7. The number of aryl methyl sites for hydroxylation is 2. The number of amides is 1. The Morgan fingerprint density at radius 2 is 2.07 bits per heavy atom. The number of benzene rings is 1. The van der Waals surface area contributed by atoms with E-state index in [0.29, 0.717) is 0 Å². The van der Waals surface area contributed by atoms with Crippen molar-refractivity contribution in [1.29, 1.82) is 0 Å². The third-order valence-electron chi connectivity index (χ3n) is 4.92. The van der Waals surface area contributed by atoms with Gasteiger partial charge in [-0.15, -0.1) is 21.5 Å². The molecule has 0 saturated carbocycles. The lowest BCUT2D eigenvalue weighted by atomic mass is 10.2. The molecular weight excluding hydrogens is 418 g/mol. The van der Waals surface area contributed by atoms with E-state index in [0.717, 1.165) is 55.8 Å². The van der Waals surface area contributed by atoms with Gasteiger partial charge in [-0.2, -0.15) is 0 Å². The van der Waals surface area contributed by atoms with Crippen LogP contribution in [0.2, 0.25) is 0 Å². The largest absolute Gasteiger partial charge is 0.378 e. The van der Waals surface area contributed by atoms with Crippen molar-refractivity contribution in [3.05, 3.63) is 53.0 Å². The van der Waals surface area contributed by atoms with Gasteiger partial charge in [0.2, 0.25) is 5.91 Å². The Morgan fingerprint density at radius 3 is 2.80 bits per heavy atom. The molecule has 1 atom stereocenters. The Kier molecular flexibility index (Phi) is 7.03. The van der Waals surface area contributed by atoms with Crippen LogP contribution >= 0.6 is 23.1 Å². The normalized spacial score (nSPS) is 15.2. The van der Waals surface area contributed by atoms with Gasteiger partial charge in [-0.3, -0.25) is 4.79 Å². The van der Waals surface area contributed by atoms with Gasteiger partial charge < -0.3 is 19.5 Å². The standard InChI is InChI=1S/C21H25N5O2S2/c1-16(30-21-24-22-15-26(21)9-8-19-3-2-14-29-19)20(27)23-17-4-6-18(7-5-17)25-10-12-28-13-11-25/h2-7,14-16H,8-13H2,1H3,(H,23,27). The van der Waals surface area contributed by atoms with Gasteiger partial charge in [0.15, 0.2) is 5.16 Å². The SMILES string of the molecule is CC(Sc1nncn1CCc1cccs1)C(=O)Nc1ccc(N2CCOCC2)cc1. The number of hydrogen-bond acceptors (Lipinski definition) is 7. The number of rotatable bonds is 8. The lowest BCUT2D eigenvalue weighted by Gasteiger charge is -2.28. The fourth-order valence-corrected chi connectivity index (χ4v) is 4.76. The Hall–Kier alpha value is -2.36. The van der Waals surface area contributed by atoms with E-state index >= 15 is 0 Å². The zero-order chi connectivity index (χ0) is 20.8. The van der Waals surface area contributed by atoms with Gasteiger partial charge in [-0.25, -0.2) is 0 Å². The molecule has 1 N–H and O–H groups in total. The Balaban J connectivity index is 1.30. The Bertz CT molecular complexity index is 937. The molecule has 1 amide bonds. The number of thiophene rings is 1. The minimum Gasteiger partial charge on any atom is -0.378 e. The second kappa shape index (κ2) is 10.1. The van der Waals surface area contributed by atoms with Crippen LogP contribution in [0, 0.1) is 0 Å². The molecule has 1 saturated heterocycles. The maximum Gasteiger partial charge on any atom is 0.237 e. The molecule has 2 aromatic heterocycles. The van der Waals surface area contributed by atoms with Crippen molar-refractivity contribution in [3.63, 3.8) is 0 Å². The van der Waals surface area contributed by atoms with Crippen LogP contribution in [0.4, 0.5) is 11.4 Å². The maximum atomic E-state index is 12.7. The first-order valence-electron chi connectivity index (χ1n) is 9.99. The summed E-state index contributed by atoms with van der Waals surface area (Å²) in [7, 11) is 0. The topological polar surface area (TPSA) is 72.3 Å². The number of nitrogens with zero attached hydrogens (tertiary/aromatic N) is 4. The van der Waals surface area contributed by atoms with Crippen LogP contribution in [0.3, 0.4) is 0 Å². The minimum atomic E-state index is -0.284. The average Bonchev–Trinajstić information content (AvgIpc) is 3.45. The van der Waals surface area contributed by atoms with Gasteiger partial charge in [-0.05, 0) is 49.1 Å². The van der Waals surface area contributed by atoms with Crippen LogP contribution in [-0.2, 0) is 22.5 Å². The molecule has 0 radical (unpaired) electrons. The van der Waals surface area contributed by atoms with Crippen LogP contribution in [0.1, 0.15) is 11.8 Å². The van der Waals surface area contributed by atoms with Gasteiger partial charge in [0, 0.05) is 35.9 Å². The van der Waals surface area contributed by atoms with Crippen molar-refractivity contribution in [2.24, 2.45) is 0 Å². The van der Waals surface area contributed by atoms with E-state index in [1.807, 2.05) is 35.8 Å². The minimum absolute atomic E-state index is 0.0491. The zero-order valence-corrected chi connectivity index (χ0v) is 18.5. The lowest BCUT2D eigenvalue weighted by Crippen LogP contribution is -2.36. The number of morpholine rings is 1. The molecule has 9 heteroatoms. The number of thioether (sulfide) groups is 1. The summed E-state index contributed by atoms with van der Waals surface area (Å²) in [5.74, 6) is -0.0491. The molecule has 7 nitrogen and oxygen atoms in total. The van der Waals surface area contributed by atoms with E-state index in [9.17, 15) is 4.79 Å². The van der Waals surface area contributed by atoms with Crippen molar-refractivity contribution >= 4 is 40.4 Å². The van der Waals surface area contributed by atoms with Gasteiger partial charge in [0.25, 0.3) is 0 Å². The summed E-state index contributed by atoms with van der Waals surface area (Å²) in [5, 5.41) is 13.8. The molecular formula is C21H25N5O2S2. The smallest absolute Gasteiger partial charge is 0.237 e. The summed E-state index contributed by atoms with van der Waals surface area (Å²) in [6, 6.07) is 12.2. The van der Waals surface area contributed by atoms with E-state index < -0.39 is 0 Å². The summed E-state index contributed by atoms with van der Waals surface area (Å²) in [5.41, 5.74) is 1.95. The number of carbonyl (C=O) groups excluding carboxylic acids is 1. The molecule has 1 aliphatic heterocycles. The Labute approximate surface area is 184 Å². The third kappa shape index (κ3) is 5.41. The highest BCUT2D eigenvalue weighted by molar-refractivity contribution is 8.00. The maximum absolute atomic E-state index is 12.7. The molecule has 0 bridgehead atoms. The molecule has 1 unspecified atom stereocenters. The highest BCUT2D eigenvalue weighted by Gasteiger charge is 2.18. The van der Waals surface area contributed by atoms with Crippen molar-refractivity contribution in [2.75, 3.05) is 36.5 Å². The number of anilines is 2. The molecule has 0 spiro atoms. The summed E-state index contributed by atoms with van der Waals surface area (Å²) >= 11 is 3.17. The number of hydrogen-bond donors (Lipinski definition) is 1. The summed E-state index contributed by atoms with van der Waals surface area (Å²) in [4.78, 5) is 16.3. The van der Waals surface area contributed by atoms with Gasteiger partial charge >= 0.3 is 0 Å². The molecule has 30 heavy (non-hydrogen) atoms. The zero-order valence-electron chi connectivity index (χ0n) is 16.9. The highest BCUT2D eigenvalue weighted by Crippen LogP contribution is 2.24. The van der Waals surface area contributed by atoms with E-state index in [-0.39, 0.29) is 11.2 Å². The summed E-state index contributed by atoms with van der Waals surface area (Å²) < 4.78 is 7.40. The monoisotopic (exact) mass is 443 g/mol. The first kappa shape index (κ1) is 20.9. The molecule has 158 valence electrons. The fourth-order valence-electron chi connectivity index (χ4n) is 3.21. The second-order valence-corrected chi connectivity index (χ2v) is 9.37. The van der Waals surface area contributed by atoms with Crippen molar-refractivity contribution in [2.45, 2.75) is 30.3 Å². The molecule has 1 fully saturated rings. The number of carbonyl (C=O) groups is 1. The highest BCUT2D eigenvalue weighted by atomic mass is 32.2. The predicted molar refractivity (Wildman–Crippen MR) is 121 cm³/mol. The predicted octanol–water partition coefficient (Wildman–Crippen LogP) is 3.54. The molecule has 3 aromatic rings. The van der Waals surface area contributed by atoms with Crippen molar-refractivity contribution in [3.8, 4) is 0 Å². The molecule has 1 aromatic carbocycles. The van der Waals surface area contributed by atoms with Crippen LogP contribution in [0.5, 0.6) is 0 Å². The van der Waals surface area contributed by atoms with E-state index in [1.54, 1.807) is 17.7 Å². The van der Waals surface area contributed by atoms with Crippen LogP contribution in [-0.4, -0.2) is 52.2 Å². The quantitative estimate of drug-likeness (QED) is 0.537. The molecule has 4 rings (SSSR count). The Morgan fingerprint density at radius 1 is 1.27 bits per heavy atom. The number of nitrogens with one attached hydrogen (secondary N) is 1. The lowest BCUT2D eigenvalue weighted by molar-refractivity contribution is -0.115. The fraction of sp³-hybridized carbons (Fsp3) is 0.381. The van der Waals surface area contributed by atoms with E-state index in [1.165, 1.54) is 16.6 Å².